The van der Waals surface area contributed by atoms with Crippen LogP contribution in [0.5, 0.6) is 5.75 Å². The fourth-order valence-corrected chi connectivity index (χ4v) is 3.25. The average molecular weight is 383 g/mol. The topological polar surface area (TPSA) is 125 Å². The lowest BCUT2D eigenvalue weighted by atomic mass is 10.2. The number of hydrogen-bond acceptors (Lipinski definition) is 6. The van der Waals surface area contributed by atoms with E-state index >= 15 is 0 Å². The van der Waals surface area contributed by atoms with Gasteiger partial charge in [-0.25, -0.2) is 13.1 Å². The summed E-state index contributed by atoms with van der Waals surface area (Å²) in [4.78, 5) is 14.1. The van der Waals surface area contributed by atoms with Crippen molar-refractivity contribution in [2.45, 2.75) is 11.8 Å². The highest BCUT2D eigenvalue weighted by Gasteiger charge is 2.15. The monoisotopic (exact) mass is 382 g/mol. The van der Waals surface area contributed by atoms with Crippen molar-refractivity contribution in [1.82, 2.24) is 4.72 Å². The van der Waals surface area contributed by atoms with E-state index in [0.717, 1.165) is 12.3 Å². The molecule has 132 valence electrons. The first-order valence-electron chi connectivity index (χ1n) is 6.89. The van der Waals surface area contributed by atoms with Crippen molar-refractivity contribution in [1.29, 1.82) is 0 Å². The van der Waals surface area contributed by atoms with Crippen LogP contribution >= 0.6 is 11.6 Å². The van der Waals surface area contributed by atoms with Gasteiger partial charge in [-0.1, -0.05) is 17.7 Å². The van der Waals surface area contributed by atoms with Gasteiger partial charge in [0.25, 0.3) is 5.69 Å². The van der Waals surface area contributed by atoms with Crippen LogP contribution < -0.4 is 9.83 Å². The molecule has 0 unspecified atom stereocenters. The number of rotatable bonds is 5. The molecule has 0 amide bonds. The Labute approximate surface area is 149 Å². The molecule has 10 heteroatoms. The largest absolute Gasteiger partial charge is 0.867 e. The number of nitrogens with one attached hydrogen (secondary N) is 1. The van der Waals surface area contributed by atoms with E-state index in [1.165, 1.54) is 19.2 Å². The minimum absolute atomic E-state index is 0.0232. The van der Waals surface area contributed by atoms with Gasteiger partial charge in [0.1, 0.15) is 0 Å². The van der Waals surface area contributed by atoms with Gasteiger partial charge >= 0.3 is 0 Å². The molecular formula is C15H13ClN3O5S-. The molecule has 2 aromatic rings. The van der Waals surface area contributed by atoms with E-state index in [4.69, 9.17) is 11.6 Å². The predicted octanol–water partition coefficient (Wildman–Crippen LogP) is 2.29. The highest BCUT2D eigenvalue weighted by Crippen LogP contribution is 2.30. The minimum Gasteiger partial charge on any atom is -0.867 e. The van der Waals surface area contributed by atoms with Crippen molar-refractivity contribution in [3.8, 4) is 5.75 Å². The van der Waals surface area contributed by atoms with E-state index < -0.39 is 26.4 Å². The molecule has 0 saturated heterocycles. The van der Waals surface area contributed by atoms with Gasteiger partial charge in [0.2, 0.25) is 10.0 Å². The fourth-order valence-electron chi connectivity index (χ4n) is 2.04. The van der Waals surface area contributed by atoms with E-state index in [1.54, 1.807) is 19.1 Å². The zero-order valence-corrected chi connectivity index (χ0v) is 14.8. The first-order valence-corrected chi connectivity index (χ1v) is 8.75. The second kappa shape index (κ2) is 7.18. The van der Waals surface area contributed by atoms with Crippen LogP contribution in [0.3, 0.4) is 0 Å². The zero-order valence-electron chi connectivity index (χ0n) is 13.2. The summed E-state index contributed by atoms with van der Waals surface area (Å²) >= 11 is 5.78. The highest BCUT2D eigenvalue weighted by molar-refractivity contribution is 7.89. The molecule has 25 heavy (non-hydrogen) atoms. The van der Waals surface area contributed by atoms with Gasteiger partial charge in [0, 0.05) is 17.3 Å². The maximum Gasteiger partial charge on any atom is 0.263 e. The average Bonchev–Trinajstić information content (AvgIpc) is 2.56. The van der Waals surface area contributed by atoms with E-state index in [0.29, 0.717) is 5.56 Å². The van der Waals surface area contributed by atoms with Crippen LogP contribution in [0.2, 0.25) is 5.02 Å². The molecule has 0 aliphatic heterocycles. The van der Waals surface area contributed by atoms with Gasteiger partial charge in [0.15, 0.2) is 0 Å². The molecule has 0 atom stereocenters. The fraction of sp³-hybridized carbons (Fsp3) is 0.133. The van der Waals surface area contributed by atoms with E-state index in [2.05, 4.69) is 9.71 Å². The summed E-state index contributed by atoms with van der Waals surface area (Å²) in [5, 5.41) is 22.9. The van der Waals surface area contributed by atoms with Gasteiger partial charge in [-0.15, -0.1) is 0 Å². The summed E-state index contributed by atoms with van der Waals surface area (Å²) in [6, 6.07) is 6.67. The molecule has 0 bridgehead atoms. The van der Waals surface area contributed by atoms with Crippen molar-refractivity contribution >= 4 is 39.2 Å². The lowest BCUT2D eigenvalue weighted by molar-refractivity contribution is -0.398. The number of aliphatic imine (C=N–C) groups is 1. The van der Waals surface area contributed by atoms with Gasteiger partial charge in [-0.05, 0) is 49.0 Å². The van der Waals surface area contributed by atoms with Crippen LogP contribution in [0.4, 0.5) is 11.4 Å². The Hall–Kier alpha value is -2.49. The molecule has 0 fully saturated rings. The Bertz CT molecular complexity index is 973. The summed E-state index contributed by atoms with van der Waals surface area (Å²) in [5.74, 6) is -0.826. The SMILES string of the molecule is CNS(=O)(=O)c1cc(N=Cc2cc(Cl)cc([N+](=O)[O-])c2[O-])ccc1C. The molecule has 0 aromatic heterocycles. The minimum atomic E-state index is -3.66. The molecule has 0 spiro atoms. The quantitative estimate of drug-likeness (QED) is 0.482. The van der Waals surface area contributed by atoms with Crippen LogP contribution in [0.1, 0.15) is 11.1 Å². The Morgan fingerprint density at radius 2 is 1.96 bits per heavy atom. The molecule has 2 rings (SSSR count). The molecule has 0 saturated carbocycles. The number of sulfonamides is 1. The van der Waals surface area contributed by atoms with E-state index in [1.807, 2.05) is 0 Å². The van der Waals surface area contributed by atoms with Crippen molar-refractivity contribution in [3.05, 3.63) is 56.6 Å². The lowest BCUT2D eigenvalue weighted by Gasteiger charge is -2.11. The maximum absolute atomic E-state index is 12.0. The number of nitro benzene ring substituents is 1. The van der Waals surface area contributed by atoms with E-state index in [9.17, 15) is 23.6 Å². The van der Waals surface area contributed by atoms with Crippen molar-refractivity contribution in [2.24, 2.45) is 4.99 Å². The molecular weight excluding hydrogens is 370 g/mol. The first kappa shape index (κ1) is 18.8. The molecule has 2 aromatic carbocycles. The second-order valence-electron chi connectivity index (χ2n) is 5.02. The number of halogens is 1. The van der Waals surface area contributed by atoms with Crippen LogP contribution in [0.25, 0.3) is 0 Å². The Kier molecular flexibility index (Phi) is 5.41. The van der Waals surface area contributed by atoms with Gasteiger partial charge in [-0.3, -0.25) is 15.1 Å². The number of aryl methyl sites for hydroxylation is 1. The van der Waals surface area contributed by atoms with Crippen molar-refractivity contribution in [3.63, 3.8) is 0 Å². The molecule has 0 radical (unpaired) electrons. The summed E-state index contributed by atoms with van der Waals surface area (Å²) in [7, 11) is -2.37. The second-order valence-corrected chi connectivity index (χ2v) is 7.31. The summed E-state index contributed by atoms with van der Waals surface area (Å²) in [6.07, 6.45) is 1.11. The molecule has 0 aliphatic carbocycles. The summed E-state index contributed by atoms with van der Waals surface area (Å²) < 4.78 is 26.1. The number of nitro groups is 1. The first-order chi connectivity index (χ1) is 11.7. The third kappa shape index (κ3) is 4.13. The third-order valence-electron chi connectivity index (χ3n) is 3.34. The number of hydrogen-bond donors (Lipinski definition) is 1. The third-order valence-corrected chi connectivity index (χ3v) is 5.12. The van der Waals surface area contributed by atoms with E-state index in [-0.39, 0.29) is 21.2 Å². The van der Waals surface area contributed by atoms with Crippen LogP contribution in [-0.2, 0) is 10.0 Å². The molecule has 1 N–H and O–H groups in total. The van der Waals surface area contributed by atoms with Crippen LogP contribution in [-0.4, -0.2) is 26.6 Å². The Morgan fingerprint density at radius 1 is 1.28 bits per heavy atom. The number of benzene rings is 2. The predicted molar refractivity (Wildman–Crippen MR) is 92.2 cm³/mol. The zero-order chi connectivity index (χ0) is 18.8. The lowest BCUT2D eigenvalue weighted by Crippen LogP contribution is -2.19. The van der Waals surface area contributed by atoms with Crippen LogP contribution in [0, 0.1) is 17.0 Å². The van der Waals surface area contributed by atoms with Crippen molar-refractivity contribution in [2.75, 3.05) is 7.05 Å². The van der Waals surface area contributed by atoms with Gasteiger partial charge < -0.3 is 5.11 Å². The maximum atomic E-state index is 12.0. The Morgan fingerprint density at radius 3 is 2.56 bits per heavy atom. The van der Waals surface area contributed by atoms with Crippen LogP contribution in [0.15, 0.2) is 40.2 Å². The van der Waals surface area contributed by atoms with Gasteiger partial charge in [-0.2, -0.15) is 0 Å². The number of nitrogens with zero attached hydrogens (tertiary/aromatic N) is 2. The molecule has 8 nitrogen and oxygen atoms in total. The highest BCUT2D eigenvalue weighted by atomic mass is 35.5. The summed E-state index contributed by atoms with van der Waals surface area (Å²) in [5.41, 5.74) is 0.0618. The smallest absolute Gasteiger partial charge is 0.263 e. The Balaban J connectivity index is 2.48. The normalized spacial score (nSPS) is 11.8. The van der Waals surface area contributed by atoms with Crippen molar-refractivity contribution < 1.29 is 18.4 Å². The van der Waals surface area contributed by atoms with Gasteiger partial charge in [0.05, 0.1) is 15.5 Å². The molecule has 0 aliphatic rings. The summed E-state index contributed by atoms with van der Waals surface area (Å²) in [6.45, 7) is 1.63. The standard InChI is InChI=1S/C15H14ClN3O5S/c1-9-3-4-12(7-14(9)25(23,24)17-2)18-8-10-5-11(16)6-13(15(10)20)19(21)22/h3-8,17,20H,1-2H3/p-1. The molecule has 0 heterocycles.